The van der Waals surface area contributed by atoms with Crippen LogP contribution in [-0.2, 0) is 0 Å². The van der Waals surface area contributed by atoms with E-state index in [0.29, 0.717) is 16.4 Å². The molecule has 1 aromatic heterocycles. The third-order valence-electron chi connectivity index (χ3n) is 2.57. The second-order valence-corrected chi connectivity index (χ2v) is 5.93. The maximum Gasteiger partial charge on any atom is 0.257 e. The number of aromatic nitrogens is 2. The second-order valence-electron chi connectivity index (χ2n) is 4.33. The highest BCUT2D eigenvalue weighted by atomic mass is 127. The molecule has 0 aliphatic rings. The largest absolute Gasteiger partial charge is 0.307 e. The summed E-state index contributed by atoms with van der Waals surface area (Å²) >= 11 is 8.04. The van der Waals surface area contributed by atoms with E-state index in [1.807, 2.05) is 19.9 Å². The van der Waals surface area contributed by atoms with E-state index in [9.17, 15) is 4.79 Å². The van der Waals surface area contributed by atoms with Crippen molar-refractivity contribution >= 4 is 45.9 Å². The highest BCUT2D eigenvalue weighted by Crippen LogP contribution is 2.20. The molecule has 0 atom stereocenters. The Morgan fingerprint density at radius 2 is 2.16 bits per heavy atom. The average molecular weight is 390 g/mol. The zero-order valence-electron chi connectivity index (χ0n) is 10.5. The molecule has 0 aliphatic carbocycles. The molecule has 0 saturated heterocycles. The van der Waals surface area contributed by atoms with Crippen LogP contribution in [0.4, 0.5) is 5.82 Å². The van der Waals surface area contributed by atoms with Crippen LogP contribution in [0.1, 0.15) is 30.2 Å². The molecule has 4 nitrogen and oxygen atoms in total. The molecule has 0 saturated carbocycles. The Labute approximate surface area is 130 Å². The molecule has 0 bridgehead atoms. The van der Waals surface area contributed by atoms with Crippen molar-refractivity contribution in [2.24, 2.45) is 0 Å². The Morgan fingerprint density at radius 1 is 1.42 bits per heavy atom. The fourth-order valence-electron chi connectivity index (χ4n) is 1.68. The predicted octanol–water partition coefficient (Wildman–Crippen LogP) is 3.97. The molecule has 0 spiro atoms. The summed E-state index contributed by atoms with van der Waals surface area (Å²) < 4.78 is 2.62. The Hall–Kier alpha value is -1.08. The first-order valence-corrected chi connectivity index (χ1v) is 7.24. The van der Waals surface area contributed by atoms with E-state index in [1.54, 1.807) is 29.1 Å². The van der Waals surface area contributed by atoms with Crippen molar-refractivity contribution in [3.05, 3.63) is 44.6 Å². The first-order chi connectivity index (χ1) is 8.99. The number of nitrogens with one attached hydrogen (secondary N) is 1. The van der Waals surface area contributed by atoms with Crippen LogP contribution in [0.3, 0.4) is 0 Å². The molecule has 1 N–H and O–H groups in total. The van der Waals surface area contributed by atoms with Gasteiger partial charge in [-0.05, 0) is 54.6 Å². The summed E-state index contributed by atoms with van der Waals surface area (Å²) in [7, 11) is 0. The van der Waals surface area contributed by atoms with Crippen LogP contribution in [0, 0.1) is 3.57 Å². The topological polar surface area (TPSA) is 46.9 Å². The monoisotopic (exact) mass is 389 g/mol. The lowest BCUT2D eigenvalue weighted by Crippen LogP contribution is -2.17. The van der Waals surface area contributed by atoms with Crippen molar-refractivity contribution in [2.75, 3.05) is 5.32 Å². The van der Waals surface area contributed by atoms with Crippen molar-refractivity contribution in [2.45, 2.75) is 19.9 Å². The van der Waals surface area contributed by atoms with E-state index in [2.05, 4.69) is 33.0 Å². The van der Waals surface area contributed by atoms with Gasteiger partial charge in [0.25, 0.3) is 5.91 Å². The number of benzene rings is 1. The molecular weight excluding hydrogens is 377 g/mol. The lowest BCUT2D eigenvalue weighted by atomic mass is 10.2. The van der Waals surface area contributed by atoms with E-state index < -0.39 is 0 Å². The molecule has 1 aromatic carbocycles. The maximum absolute atomic E-state index is 12.2. The minimum absolute atomic E-state index is 0.184. The molecule has 0 fully saturated rings. The zero-order chi connectivity index (χ0) is 14.0. The van der Waals surface area contributed by atoms with Gasteiger partial charge in [0.15, 0.2) is 0 Å². The van der Waals surface area contributed by atoms with Crippen LogP contribution in [0.2, 0.25) is 5.02 Å². The first kappa shape index (κ1) is 14.3. The highest BCUT2D eigenvalue weighted by Gasteiger charge is 2.14. The van der Waals surface area contributed by atoms with Gasteiger partial charge >= 0.3 is 0 Å². The third kappa shape index (κ3) is 3.27. The first-order valence-electron chi connectivity index (χ1n) is 5.79. The van der Waals surface area contributed by atoms with Gasteiger partial charge in [-0.15, -0.1) is 0 Å². The summed E-state index contributed by atoms with van der Waals surface area (Å²) in [6.45, 7) is 4.01. The van der Waals surface area contributed by atoms with Gasteiger partial charge < -0.3 is 5.32 Å². The smallest absolute Gasteiger partial charge is 0.257 e. The second kappa shape index (κ2) is 5.92. The van der Waals surface area contributed by atoms with Crippen LogP contribution < -0.4 is 5.32 Å². The van der Waals surface area contributed by atoms with Crippen LogP contribution in [-0.4, -0.2) is 15.7 Å². The van der Waals surface area contributed by atoms with Gasteiger partial charge in [-0.25, -0.2) is 4.68 Å². The number of amides is 1. The molecule has 0 unspecified atom stereocenters. The summed E-state index contributed by atoms with van der Waals surface area (Å²) in [5.74, 6) is 0.491. The Morgan fingerprint density at radius 3 is 2.84 bits per heavy atom. The molecule has 0 aliphatic heterocycles. The van der Waals surface area contributed by atoms with Crippen LogP contribution in [0.5, 0.6) is 0 Å². The van der Waals surface area contributed by atoms with Crippen LogP contribution >= 0.6 is 34.2 Å². The zero-order valence-corrected chi connectivity index (χ0v) is 13.4. The van der Waals surface area contributed by atoms with E-state index >= 15 is 0 Å². The lowest BCUT2D eigenvalue weighted by molar-refractivity contribution is 0.102. The van der Waals surface area contributed by atoms with Gasteiger partial charge in [-0.3, -0.25) is 4.79 Å². The van der Waals surface area contributed by atoms with Crippen LogP contribution in [0.25, 0.3) is 0 Å². The third-order valence-corrected chi connectivity index (χ3v) is 3.75. The van der Waals surface area contributed by atoms with Crippen molar-refractivity contribution in [3.63, 3.8) is 0 Å². The molecule has 1 amide bonds. The van der Waals surface area contributed by atoms with E-state index in [1.165, 1.54) is 0 Å². The van der Waals surface area contributed by atoms with Gasteiger partial charge in [0.05, 0.1) is 11.8 Å². The molecular formula is C13H13ClIN3O. The Bertz CT molecular complexity index is 610. The maximum atomic E-state index is 12.2. The van der Waals surface area contributed by atoms with Gasteiger partial charge in [0, 0.05) is 20.7 Å². The van der Waals surface area contributed by atoms with Gasteiger partial charge in [-0.2, -0.15) is 5.10 Å². The summed E-state index contributed by atoms with van der Waals surface area (Å²) in [5.41, 5.74) is 0.560. The van der Waals surface area contributed by atoms with Crippen molar-refractivity contribution in [1.29, 1.82) is 0 Å². The molecule has 1 heterocycles. The number of hydrogen-bond donors (Lipinski definition) is 1. The minimum Gasteiger partial charge on any atom is -0.307 e. The average Bonchev–Trinajstić information content (AvgIpc) is 2.80. The quantitative estimate of drug-likeness (QED) is 0.807. The molecule has 2 rings (SSSR count). The number of carbonyl (C=O) groups excluding carboxylic acids is 1. The molecule has 6 heteroatoms. The van der Waals surface area contributed by atoms with E-state index in [-0.39, 0.29) is 11.9 Å². The van der Waals surface area contributed by atoms with Crippen LogP contribution in [0.15, 0.2) is 30.5 Å². The van der Waals surface area contributed by atoms with Crippen molar-refractivity contribution in [3.8, 4) is 0 Å². The number of rotatable bonds is 3. The number of anilines is 1. The van der Waals surface area contributed by atoms with Crippen molar-refractivity contribution < 1.29 is 4.79 Å². The molecule has 19 heavy (non-hydrogen) atoms. The van der Waals surface area contributed by atoms with Crippen molar-refractivity contribution in [1.82, 2.24) is 9.78 Å². The SMILES string of the molecule is CC(C)n1nccc1NC(=O)c1cc(Cl)ccc1I. The highest BCUT2D eigenvalue weighted by molar-refractivity contribution is 14.1. The molecule has 2 aromatic rings. The standard InChI is InChI=1S/C13H13ClIN3O/c1-8(2)18-12(5-6-16-18)17-13(19)10-7-9(14)3-4-11(10)15/h3-8H,1-2H3,(H,17,19). The summed E-state index contributed by atoms with van der Waals surface area (Å²) in [5, 5.41) is 7.58. The number of nitrogens with zero attached hydrogens (tertiary/aromatic N) is 2. The number of hydrogen-bond acceptors (Lipinski definition) is 2. The fraction of sp³-hybridized carbons (Fsp3) is 0.231. The lowest BCUT2D eigenvalue weighted by Gasteiger charge is -2.12. The number of halogens is 2. The number of carbonyl (C=O) groups is 1. The van der Waals surface area contributed by atoms with Gasteiger partial charge in [-0.1, -0.05) is 11.6 Å². The van der Waals surface area contributed by atoms with Gasteiger partial charge in [0.2, 0.25) is 0 Å². The Balaban J connectivity index is 2.26. The Kier molecular flexibility index (Phi) is 4.46. The normalized spacial score (nSPS) is 10.8. The predicted molar refractivity (Wildman–Crippen MR) is 84.7 cm³/mol. The molecule has 100 valence electrons. The minimum atomic E-state index is -0.186. The van der Waals surface area contributed by atoms with E-state index in [0.717, 1.165) is 3.57 Å². The summed E-state index contributed by atoms with van der Waals surface area (Å²) in [4.78, 5) is 12.2. The summed E-state index contributed by atoms with van der Waals surface area (Å²) in [6.07, 6.45) is 1.67. The fourth-order valence-corrected chi connectivity index (χ4v) is 2.43. The van der Waals surface area contributed by atoms with E-state index in [4.69, 9.17) is 11.6 Å². The van der Waals surface area contributed by atoms with Gasteiger partial charge in [0.1, 0.15) is 5.82 Å². The summed E-state index contributed by atoms with van der Waals surface area (Å²) in [6, 6.07) is 7.20. The molecule has 0 radical (unpaired) electrons.